The van der Waals surface area contributed by atoms with Crippen LogP contribution in [-0.2, 0) is 65.4 Å². The van der Waals surface area contributed by atoms with Crippen molar-refractivity contribution in [1.29, 1.82) is 0 Å². The molecule has 19 heteroatoms. The van der Waals surface area contributed by atoms with Gasteiger partial charge >= 0.3 is 39.5 Å². The van der Waals surface area contributed by atoms with Crippen molar-refractivity contribution in [3.8, 4) is 0 Å². The Labute approximate surface area is 658 Å². The van der Waals surface area contributed by atoms with E-state index in [1.807, 2.05) is 0 Å². The third kappa shape index (κ3) is 79.1. The molecule has 636 valence electrons. The summed E-state index contributed by atoms with van der Waals surface area (Å²) < 4.78 is 69.0. The summed E-state index contributed by atoms with van der Waals surface area (Å²) >= 11 is 0. The lowest BCUT2D eigenvalue weighted by molar-refractivity contribution is -0.161. The minimum Gasteiger partial charge on any atom is -0.462 e. The molecule has 107 heavy (non-hydrogen) atoms. The molecule has 0 amide bonds. The van der Waals surface area contributed by atoms with Gasteiger partial charge < -0.3 is 33.8 Å². The van der Waals surface area contributed by atoms with E-state index in [0.29, 0.717) is 25.7 Å². The Morgan fingerprint density at radius 1 is 0.271 bits per heavy atom. The first-order valence-electron chi connectivity index (χ1n) is 45.4. The topological polar surface area (TPSA) is 237 Å². The number of carbonyl (C=O) groups excluding carboxylic acids is 4. The van der Waals surface area contributed by atoms with Crippen molar-refractivity contribution in [3.63, 3.8) is 0 Å². The number of rotatable bonds is 86. The molecular weight excluding hydrogens is 1390 g/mol. The highest BCUT2D eigenvalue weighted by atomic mass is 31.2. The first-order chi connectivity index (χ1) is 51.8. The number of aliphatic hydroxyl groups excluding tert-OH is 1. The zero-order valence-electron chi connectivity index (χ0n) is 70.6. The van der Waals surface area contributed by atoms with Crippen molar-refractivity contribution in [2.75, 3.05) is 39.6 Å². The molecule has 0 spiro atoms. The monoisotopic (exact) mass is 1560 g/mol. The number of ether oxygens (including phenoxy) is 4. The molecule has 0 rings (SSSR count). The van der Waals surface area contributed by atoms with Gasteiger partial charge in [-0.25, -0.2) is 9.13 Å². The number of carbonyl (C=O) groups is 4. The first-order valence-corrected chi connectivity index (χ1v) is 48.4. The van der Waals surface area contributed by atoms with Crippen LogP contribution in [0.25, 0.3) is 0 Å². The van der Waals surface area contributed by atoms with Gasteiger partial charge in [0.1, 0.15) is 19.3 Å². The molecule has 17 nitrogen and oxygen atoms in total. The Morgan fingerprint density at radius 2 is 0.477 bits per heavy atom. The third-order valence-electron chi connectivity index (χ3n) is 21.4. The molecular formula is C88H172O17P2. The van der Waals surface area contributed by atoms with Crippen molar-refractivity contribution < 1.29 is 80.2 Å². The molecule has 3 N–H and O–H groups in total. The van der Waals surface area contributed by atoms with Crippen LogP contribution in [0.3, 0.4) is 0 Å². The predicted octanol–water partition coefficient (Wildman–Crippen LogP) is 26.9. The summed E-state index contributed by atoms with van der Waals surface area (Å²) in [4.78, 5) is 73.3. The third-order valence-corrected chi connectivity index (χ3v) is 23.3. The molecule has 0 aromatic rings. The Kier molecular flexibility index (Phi) is 76.6. The number of phosphoric ester groups is 2. The van der Waals surface area contributed by atoms with Crippen LogP contribution in [0.5, 0.6) is 0 Å². The molecule has 0 heterocycles. The average molecular weight is 1560 g/mol. The second-order valence-corrected chi connectivity index (χ2v) is 35.5. The van der Waals surface area contributed by atoms with Crippen LogP contribution in [0.2, 0.25) is 0 Å². The number of aliphatic hydroxyl groups is 1. The minimum absolute atomic E-state index is 0.108. The second kappa shape index (κ2) is 78.0. The van der Waals surface area contributed by atoms with E-state index in [9.17, 15) is 43.2 Å². The van der Waals surface area contributed by atoms with Gasteiger partial charge in [-0.1, -0.05) is 414 Å². The predicted molar refractivity (Wildman–Crippen MR) is 441 cm³/mol. The van der Waals surface area contributed by atoms with Gasteiger partial charge in [-0.15, -0.1) is 0 Å². The van der Waals surface area contributed by atoms with E-state index in [2.05, 4.69) is 48.5 Å². The fourth-order valence-electron chi connectivity index (χ4n) is 13.7. The van der Waals surface area contributed by atoms with E-state index in [0.717, 1.165) is 108 Å². The van der Waals surface area contributed by atoms with Crippen LogP contribution in [0, 0.1) is 17.8 Å². The van der Waals surface area contributed by atoms with Gasteiger partial charge in [-0.3, -0.25) is 37.3 Å². The van der Waals surface area contributed by atoms with E-state index < -0.39 is 97.5 Å². The van der Waals surface area contributed by atoms with Gasteiger partial charge in [0.15, 0.2) is 12.2 Å². The van der Waals surface area contributed by atoms with E-state index in [4.69, 9.17) is 37.0 Å². The maximum atomic E-state index is 13.2. The summed E-state index contributed by atoms with van der Waals surface area (Å²) in [7, 11) is -9.93. The second-order valence-electron chi connectivity index (χ2n) is 32.6. The fourth-order valence-corrected chi connectivity index (χ4v) is 15.2. The largest absolute Gasteiger partial charge is 0.472 e. The van der Waals surface area contributed by atoms with Crippen molar-refractivity contribution in [2.45, 2.75) is 484 Å². The molecule has 0 saturated heterocycles. The van der Waals surface area contributed by atoms with Crippen molar-refractivity contribution in [3.05, 3.63) is 0 Å². The van der Waals surface area contributed by atoms with Crippen LogP contribution in [-0.4, -0.2) is 96.7 Å². The van der Waals surface area contributed by atoms with E-state index >= 15 is 0 Å². The average Bonchev–Trinajstić information content (AvgIpc) is 0.908. The molecule has 0 saturated carbocycles. The zero-order valence-corrected chi connectivity index (χ0v) is 72.4. The molecule has 0 aromatic heterocycles. The van der Waals surface area contributed by atoms with Gasteiger partial charge in [0.25, 0.3) is 0 Å². The number of hydrogen-bond acceptors (Lipinski definition) is 15. The van der Waals surface area contributed by atoms with Crippen LogP contribution in [0.1, 0.15) is 466 Å². The number of phosphoric acid groups is 2. The summed E-state index contributed by atoms with van der Waals surface area (Å²) in [5.41, 5.74) is 0. The highest BCUT2D eigenvalue weighted by molar-refractivity contribution is 7.47. The zero-order chi connectivity index (χ0) is 78.6. The lowest BCUT2D eigenvalue weighted by Gasteiger charge is -2.21. The molecule has 0 fully saturated rings. The lowest BCUT2D eigenvalue weighted by atomic mass is 9.99. The Hall–Kier alpha value is -1.94. The van der Waals surface area contributed by atoms with Gasteiger partial charge in [-0.2, -0.15) is 0 Å². The molecule has 0 radical (unpaired) electrons. The fraction of sp³-hybridized carbons (Fsp3) is 0.955. The molecule has 0 aromatic carbocycles. The van der Waals surface area contributed by atoms with Crippen LogP contribution >= 0.6 is 15.6 Å². The molecule has 7 atom stereocenters. The summed E-state index contributed by atoms with van der Waals surface area (Å²) in [5, 5.41) is 10.7. The highest BCUT2D eigenvalue weighted by Crippen LogP contribution is 2.45. The van der Waals surface area contributed by atoms with Crippen LogP contribution in [0.4, 0.5) is 0 Å². The summed E-state index contributed by atoms with van der Waals surface area (Å²) in [6.45, 7) is 12.1. The van der Waals surface area contributed by atoms with Crippen LogP contribution in [0.15, 0.2) is 0 Å². The molecule has 4 unspecified atom stereocenters. The molecule has 0 aliphatic carbocycles. The number of unbranched alkanes of at least 4 members (excludes halogenated alkanes) is 52. The molecule has 0 aliphatic rings. The highest BCUT2D eigenvalue weighted by Gasteiger charge is 2.31. The normalized spacial score (nSPS) is 14.3. The Balaban J connectivity index is 5.24. The standard InChI is InChI=1S/C88H172O17P2/c1-8-11-12-13-14-15-16-17-18-24-31-36-41-50-57-64-71-88(93)105-84(76-99-86(91)70-63-56-49-44-43-45-52-59-66-79(4)5)78-103-107(96,97)101-74-82(89)73-100-106(94,95)102-77-83(75-98-85(90)69-62-55-48-40-35-30-27-26-29-34-39-47-54-61-68-81(7)10-3)104-87(92)72-65-58-51-42-37-32-25-22-20-19-21-23-28-33-38-46-53-60-67-80(6)9-2/h79-84,89H,8-78H2,1-7H3,(H,94,95)(H,96,97)/t80?,81?,82-,83-,84-/m1/s1. The van der Waals surface area contributed by atoms with Crippen molar-refractivity contribution >= 4 is 39.5 Å². The lowest BCUT2D eigenvalue weighted by Crippen LogP contribution is -2.30. The van der Waals surface area contributed by atoms with Gasteiger partial charge in [-0.05, 0) is 43.4 Å². The summed E-state index contributed by atoms with van der Waals surface area (Å²) in [5.74, 6) is 0.346. The van der Waals surface area contributed by atoms with Crippen molar-refractivity contribution in [1.82, 2.24) is 0 Å². The maximum Gasteiger partial charge on any atom is 0.472 e. The minimum atomic E-state index is -4.97. The maximum absolute atomic E-state index is 13.2. The number of esters is 4. The van der Waals surface area contributed by atoms with Crippen molar-refractivity contribution in [2.24, 2.45) is 17.8 Å². The summed E-state index contributed by atoms with van der Waals surface area (Å²) in [6, 6.07) is 0. The first kappa shape index (κ1) is 105. The SMILES string of the molecule is CCCCCCCCCCCCCCCCCCC(=O)O[C@H](COC(=O)CCCCCCCCCCC(C)C)COP(=O)(O)OC[C@H](O)COP(=O)(O)OC[C@@H](COC(=O)CCCCCCCCCCCCCCCCC(C)CC)OC(=O)CCCCCCCCCCCCCCCCCCCCC(C)CC. The smallest absolute Gasteiger partial charge is 0.462 e. The Morgan fingerprint density at radius 3 is 0.710 bits per heavy atom. The Bertz CT molecular complexity index is 2060. The van der Waals surface area contributed by atoms with E-state index in [-0.39, 0.29) is 25.7 Å². The number of hydrogen-bond donors (Lipinski definition) is 3. The van der Waals surface area contributed by atoms with Gasteiger partial charge in [0.05, 0.1) is 26.4 Å². The molecule has 0 bridgehead atoms. The van der Waals surface area contributed by atoms with Gasteiger partial charge in [0, 0.05) is 25.7 Å². The van der Waals surface area contributed by atoms with Crippen LogP contribution < -0.4 is 0 Å². The van der Waals surface area contributed by atoms with E-state index in [1.165, 1.54) is 276 Å². The molecule has 0 aliphatic heterocycles. The van der Waals surface area contributed by atoms with Gasteiger partial charge in [0.2, 0.25) is 0 Å². The summed E-state index contributed by atoms with van der Waals surface area (Å²) in [6.07, 6.45) is 69.3. The van der Waals surface area contributed by atoms with E-state index in [1.54, 1.807) is 0 Å². The quantitative estimate of drug-likeness (QED) is 0.0222.